The van der Waals surface area contributed by atoms with Gasteiger partial charge >= 0.3 is 0 Å². The van der Waals surface area contributed by atoms with E-state index in [9.17, 15) is 4.79 Å². The summed E-state index contributed by atoms with van der Waals surface area (Å²) >= 11 is 0. The van der Waals surface area contributed by atoms with Crippen molar-refractivity contribution >= 4 is 17.5 Å². The van der Waals surface area contributed by atoms with E-state index < -0.39 is 6.04 Å². The second kappa shape index (κ2) is 9.90. The number of nitrogens with one attached hydrogen (secondary N) is 2. The first-order chi connectivity index (χ1) is 16.0. The lowest BCUT2D eigenvalue weighted by molar-refractivity contribution is -0.113. The van der Waals surface area contributed by atoms with Gasteiger partial charge in [0.15, 0.2) is 0 Å². The number of aromatic nitrogens is 3. The Hall–Kier alpha value is -3.61. The Morgan fingerprint density at radius 1 is 1.12 bits per heavy atom. The molecule has 172 valence electrons. The van der Waals surface area contributed by atoms with Crippen LogP contribution in [0.25, 0.3) is 0 Å². The summed E-state index contributed by atoms with van der Waals surface area (Å²) in [5.41, 5.74) is 5.28. The SMILES string of the molecule is CCCCCOc1ccc(C2C(C(=O)Nc3cccc(C)c3C)=C(C)Nc3ncnn32)cc1. The van der Waals surface area contributed by atoms with Gasteiger partial charge in [-0.2, -0.15) is 10.1 Å². The van der Waals surface area contributed by atoms with Gasteiger partial charge in [-0.3, -0.25) is 4.79 Å². The quantitative estimate of drug-likeness (QED) is 0.454. The molecule has 33 heavy (non-hydrogen) atoms. The standard InChI is InChI=1S/C26H31N5O2/c1-5-6-7-15-33-21-13-11-20(12-14-21)24-23(19(4)29-26-27-16-28-31(24)26)25(32)30-22-10-8-9-17(2)18(22)3/h8-14,16,24H,5-7,15H2,1-4H3,(H,30,32)(H,27,28,29). The van der Waals surface area contributed by atoms with Crippen LogP contribution in [0.15, 0.2) is 60.1 Å². The van der Waals surface area contributed by atoms with Gasteiger partial charge < -0.3 is 15.4 Å². The molecule has 7 nitrogen and oxygen atoms in total. The molecule has 0 fully saturated rings. The number of unbranched alkanes of at least 4 members (excludes halogenated alkanes) is 2. The molecular weight excluding hydrogens is 414 g/mol. The molecule has 1 aliphatic rings. The van der Waals surface area contributed by atoms with Crippen molar-refractivity contribution in [1.82, 2.24) is 14.8 Å². The van der Waals surface area contributed by atoms with E-state index in [1.807, 2.05) is 63.2 Å². The van der Waals surface area contributed by atoms with E-state index in [0.29, 0.717) is 18.1 Å². The molecule has 2 heterocycles. The number of carbonyl (C=O) groups is 1. The number of rotatable bonds is 8. The Balaban J connectivity index is 1.63. The lowest BCUT2D eigenvalue weighted by Crippen LogP contribution is -2.31. The van der Waals surface area contributed by atoms with Crippen molar-refractivity contribution in [3.8, 4) is 5.75 Å². The van der Waals surface area contributed by atoms with Crippen molar-refractivity contribution in [2.45, 2.75) is 53.0 Å². The van der Waals surface area contributed by atoms with Crippen molar-refractivity contribution in [3.63, 3.8) is 0 Å². The maximum atomic E-state index is 13.5. The summed E-state index contributed by atoms with van der Waals surface area (Å²) in [4.78, 5) is 17.8. The number of ether oxygens (including phenoxy) is 1. The average molecular weight is 446 g/mol. The number of allylic oxidation sites excluding steroid dienone is 1. The highest BCUT2D eigenvalue weighted by Crippen LogP contribution is 2.36. The van der Waals surface area contributed by atoms with E-state index in [4.69, 9.17) is 4.74 Å². The number of benzene rings is 2. The minimum atomic E-state index is -0.400. The van der Waals surface area contributed by atoms with E-state index >= 15 is 0 Å². The second-order valence-corrected chi connectivity index (χ2v) is 8.42. The van der Waals surface area contributed by atoms with E-state index in [0.717, 1.165) is 53.1 Å². The molecule has 0 bridgehead atoms. The highest BCUT2D eigenvalue weighted by atomic mass is 16.5. The molecule has 0 radical (unpaired) electrons. The Morgan fingerprint density at radius 3 is 2.67 bits per heavy atom. The molecule has 0 saturated carbocycles. The molecule has 1 aromatic heterocycles. The first kappa shape index (κ1) is 22.6. The first-order valence-electron chi connectivity index (χ1n) is 11.5. The second-order valence-electron chi connectivity index (χ2n) is 8.42. The van der Waals surface area contributed by atoms with E-state index in [1.165, 1.54) is 6.33 Å². The molecule has 1 unspecified atom stereocenters. The summed E-state index contributed by atoms with van der Waals surface area (Å²) in [5, 5.41) is 10.7. The zero-order valence-corrected chi connectivity index (χ0v) is 19.7. The molecule has 1 aliphatic heterocycles. The molecule has 1 atom stereocenters. The third kappa shape index (κ3) is 4.77. The van der Waals surface area contributed by atoms with Crippen LogP contribution in [0.1, 0.15) is 55.8 Å². The van der Waals surface area contributed by atoms with Crippen LogP contribution in [-0.4, -0.2) is 27.3 Å². The van der Waals surface area contributed by atoms with Crippen molar-refractivity contribution in [3.05, 3.63) is 76.8 Å². The van der Waals surface area contributed by atoms with Gasteiger partial charge in [-0.25, -0.2) is 4.68 Å². The zero-order valence-electron chi connectivity index (χ0n) is 19.7. The maximum Gasteiger partial charge on any atom is 0.255 e. The van der Waals surface area contributed by atoms with Crippen molar-refractivity contribution in [2.75, 3.05) is 17.2 Å². The fourth-order valence-electron chi connectivity index (χ4n) is 4.06. The number of fused-ring (bicyclic) bond motifs is 1. The number of hydrogen-bond donors (Lipinski definition) is 2. The molecule has 4 rings (SSSR count). The molecule has 7 heteroatoms. The molecule has 0 spiro atoms. The molecule has 0 saturated heterocycles. The fourth-order valence-corrected chi connectivity index (χ4v) is 4.06. The van der Waals surface area contributed by atoms with Gasteiger partial charge in [-0.15, -0.1) is 0 Å². The van der Waals surface area contributed by atoms with E-state index in [-0.39, 0.29) is 5.91 Å². The Morgan fingerprint density at radius 2 is 1.91 bits per heavy atom. The lowest BCUT2D eigenvalue weighted by Gasteiger charge is -2.29. The molecule has 2 aromatic carbocycles. The number of amides is 1. The highest BCUT2D eigenvalue weighted by Gasteiger charge is 2.33. The largest absolute Gasteiger partial charge is 0.494 e. The van der Waals surface area contributed by atoms with Gasteiger partial charge in [0, 0.05) is 11.4 Å². The number of carbonyl (C=O) groups excluding carboxylic acids is 1. The van der Waals surface area contributed by atoms with Crippen LogP contribution in [0.2, 0.25) is 0 Å². The molecular formula is C26H31N5O2. The van der Waals surface area contributed by atoms with Gasteiger partial charge in [0.25, 0.3) is 5.91 Å². The summed E-state index contributed by atoms with van der Waals surface area (Å²) in [6.07, 6.45) is 4.86. The summed E-state index contributed by atoms with van der Waals surface area (Å²) in [7, 11) is 0. The molecule has 2 N–H and O–H groups in total. The summed E-state index contributed by atoms with van der Waals surface area (Å²) in [6, 6.07) is 13.4. The van der Waals surface area contributed by atoms with Crippen LogP contribution in [0.3, 0.4) is 0 Å². The first-order valence-corrected chi connectivity index (χ1v) is 11.5. The van der Waals surface area contributed by atoms with E-state index in [2.05, 4.69) is 27.6 Å². The lowest BCUT2D eigenvalue weighted by atomic mass is 9.94. The van der Waals surface area contributed by atoms with E-state index in [1.54, 1.807) is 4.68 Å². The monoisotopic (exact) mass is 445 g/mol. The van der Waals surface area contributed by atoms with Crippen molar-refractivity contribution in [2.24, 2.45) is 0 Å². The minimum Gasteiger partial charge on any atom is -0.494 e. The number of aryl methyl sites for hydroxylation is 1. The van der Waals surface area contributed by atoms with Crippen LogP contribution in [0.5, 0.6) is 5.75 Å². The Labute approximate surface area is 194 Å². The number of nitrogens with zero attached hydrogens (tertiary/aromatic N) is 3. The highest BCUT2D eigenvalue weighted by molar-refractivity contribution is 6.06. The predicted octanol–water partition coefficient (Wildman–Crippen LogP) is 5.39. The Bertz CT molecular complexity index is 1160. The van der Waals surface area contributed by atoms with Crippen LogP contribution in [-0.2, 0) is 4.79 Å². The van der Waals surface area contributed by atoms with Crippen molar-refractivity contribution < 1.29 is 9.53 Å². The van der Waals surface area contributed by atoms with Crippen LogP contribution in [0, 0.1) is 13.8 Å². The average Bonchev–Trinajstić information content (AvgIpc) is 3.27. The molecule has 3 aromatic rings. The molecule has 1 amide bonds. The number of hydrogen-bond acceptors (Lipinski definition) is 5. The van der Waals surface area contributed by atoms with Gasteiger partial charge in [-0.05, 0) is 62.1 Å². The summed E-state index contributed by atoms with van der Waals surface area (Å²) in [6.45, 7) is 8.83. The van der Waals surface area contributed by atoms with Crippen molar-refractivity contribution in [1.29, 1.82) is 0 Å². The minimum absolute atomic E-state index is 0.167. The maximum absolute atomic E-state index is 13.5. The fraction of sp³-hybridized carbons (Fsp3) is 0.346. The van der Waals surface area contributed by atoms with Gasteiger partial charge in [0.1, 0.15) is 18.1 Å². The van der Waals surface area contributed by atoms with Crippen LogP contribution < -0.4 is 15.4 Å². The topological polar surface area (TPSA) is 81.1 Å². The molecule has 0 aliphatic carbocycles. The smallest absolute Gasteiger partial charge is 0.255 e. The predicted molar refractivity (Wildman–Crippen MR) is 130 cm³/mol. The summed E-state index contributed by atoms with van der Waals surface area (Å²) in [5.74, 6) is 1.27. The van der Waals surface area contributed by atoms with Gasteiger partial charge in [-0.1, -0.05) is 44.0 Å². The Kier molecular flexibility index (Phi) is 6.77. The van der Waals surface area contributed by atoms with Crippen LogP contribution >= 0.6 is 0 Å². The van der Waals surface area contributed by atoms with Gasteiger partial charge in [0.2, 0.25) is 5.95 Å². The van der Waals surface area contributed by atoms with Gasteiger partial charge in [0.05, 0.1) is 12.2 Å². The third-order valence-corrected chi connectivity index (χ3v) is 6.10. The normalized spacial score (nSPS) is 15.1. The number of anilines is 2. The zero-order chi connectivity index (χ0) is 23.4. The van der Waals surface area contributed by atoms with Crippen LogP contribution in [0.4, 0.5) is 11.6 Å². The summed E-state index contributed by atoms with van der Waals surface area (Å²) < 4.78 is 7.62. The third-order valence-electron chi connectivity index (χ3n) is 6.10.